The van der Waals surface area contributed by atoms with Crippen LogP contribution in [0.2, 0.25) is 0 Å². The van der Waals surface area contributed by atoms with Crippen LogP contribution in [0.1, 0.15) is 11.3 Å². The molecule has 3 heterocycles. The molecular weight excluding hydrogens is 344 g/mol. The van der Waals surface area contributed by atoms with Crippen molar-refractivity contribution >= 4 is 28.3 Å². The zero-order chi connectivity index (χ0) is 17.9. The first kappa shape index (κ1) is 16.3. The summed E-state index contributed by atoms with van der Waals surface area (Å²) in [7, 11) is 0. The van der Waals surface area contributed by atoms with Crippen LogP contribution in [0.4, 0.5) is 0 Å². The summed E-state index contributed by atoms with van der Waals surface area (Å²) in [6.45, 7) is 4.12. The Balaban J connectivity index is 1.91. The van der Waals surface area contributed by atoms with Crippen molar-refractivity contribution in [1.29, 1.82) is 0 Å². The summed E-state index contributed by atoms with van der Waals surface area (Å²) < 4.78 is 6.13. The highest BCUT2D eigenvalue weighted by Gasteiger charge is 2.17. The van der Waals surface area contributed by atoms with E-state index in [9.17, 15) is 4.79 Å². The molecule has 26 heavy (non-hydrogen) atoms. The number of rotatable bonds is 5. The highest BCUT2D eigenvalue weighted by atomic mass is 32.1. The number of nitrogens with zero attached hydrogens (tertiary/aromatic N) is 1. The summed E-state index contributed by atoms with van der Waals surface area (Å²) in [5, 5.41) is 2.79. The second-order valence-corrected chi connectivity index (χ2v) is 6.70. The van der Waals surface area contributed by atoms with Crippen LogP contribution in [0.15, 0.2) is 71.5 Å². The van der Waals surface area contributed by atoms with E-state index in [0.29, 0.717) is 11.3 Å². The number of pyridine rings is 2. The van der Waals surface area contributed by atoms with Crippen molar-refractivity contribution in [2.24, 2.45) is 0 Å². The lowest BCUT2D eigenvalue weighted by Gasteiger charge is -2.13. The molecule has 0 aliphatic rings. The minimum absolute atomic E-state index is 0.165. The second-order valence-electron chi connectivity index (χ2n) is 5.75. The van der Waals surface area contributed by atoms with Crippen LogP contribution in [0, 0.1) is 0 Å². The van der Waals surface area contributed by atoms with Gasteiger partial charge >= 0.3 is 0 Å². The van der Waals surface area contributed by atoms with Gasteiger partial charge in [-0.3, -0.25) is 9.78 Å². The van der Waals surface area contributed by atoms with Crippen molar-refractivity contribution in [3.8, 4) is 16.2 Å². The highest BCUT2D eigenvalue weighted by Crippen LogP contribution is 2.36. The molecule has 4 nitrogen and oxygen atoms in total. The number of aromatic amines is 1. The Morgan fingerprint density at radius 1 is 1.19 bits per heavy atom. The minimum Gasteiger partial charge on any atom is -0.486 e. The zero-order valence-electron chi connectivity index (χ0n) is 13.9. The Morgan fingerprint density at radius 2 is 2.12 bits per heavy atom. The predicted molar refractivity (Wildman–Crippen MR) is 107 cm³/mol. The smallest absolute Gasteiger partial charge is 0.260 e. The minimum atomic E-state index is -0.165. The van der Waals surface area contributed by atoms with E-state index < -0.39 is 0 Å². The van der Waals surface area contributed by atoms with Crippen LogP contribution in [-0.4, -0.2) is 9.97 Å². The first-order valence-electron chi connectivity index (χ1n) is 8.15. The van der Waals surface area contributed by atoms with Gasteiger partial charge in [-0.15, -0.1) is 11.3 Å². The largest absolute Gasteiger partial charge is 0.486 e. The van der Waals surface area contributed by atoms with E-state index in [1.807, 2.05) is 53.9 Å². The first-order valence-corrected chi connectivity index (χ1v) is 9.03. The second kappa shape index (κ2) is 6.98. The number of benzene rings is 1. The molecule has 128 valence electrons. The number of ether oxygens (including phenoxy) is 1. The lowest BCUT2D eigenvalue weighted by molar-refractivity contribution is 0.306. The van der Waals surface area contributed by atoms with E-state index in [-0.39, 0.29) is 12.2 Å². The number of H-pyrrole nitrogens is 1. The molecule has 0 radical (unpaired) electrons. The van der Waals surface area contributed by atoms with Crippen molar-refractivity contribution in [2.75, 3.05) is 0 Å². The number of hydrogen-bond acceptors (Lipinski definition) is 4. The molecule has 0 bridgehead atoms. The summed E-state index contributed by atoms with van der Waals surface area (Å²) >= 11 is 1.51. The zero-order valence-corrected chi connectivity index (χ0v) is 14.8. The van der Waals surface area contributed by atoms with Gasteiger partial charge in [0.2, 0.25) is 0 Å². The molecule has 1 N–H and O–H groups in total. The number of thiophene rings is 1. The van der Waals surface area contributed by atoms with Crippen molar-refractivity contribution in [2.45, 2.75) is 6.61 Å². The molecule has 3 aromatic heterocycles. The maximum Gasteiger partial charge on any atom is 0.260 e. The van der Waals surface area contributed by atoms with E-state index in [0.717, 1.165) is 27.0 Å². The molecule has 0 fully saturated rings. The molecule has 0 saturated heterocycles. The van der Waals surface area contributed by atoms with Gasteiger partial charge in [-0.25, -0.2) is 0 Å². The SMILES string of the molecule is C=Cc1ccc2[nH]c(=O)c(-c3cccs3)c(OCc3ccccn3)c2c1. The predicted octanol–water partition coefficient (Wildman–Crippen LogP) is 4.87. The fourth-order valence-corrected chi connectivity index (χ4v) is 3.60. The molecule has 5 heteroatoms. The lowest BCUT2D eigenvalue weighted by Crippen LogP contribution is -2.12. The fourth-order valence-electron chi connectivity index (χ4n) is 2.83. The summed E-state index contributed by atoms with van der Waals surface area (Å²) in [6.07, 6.45) is 3.50. The van der Waals surface area contributed by atoms with Gasteiger partial charge in [-0.1, -0.05) is 30.9 Å². The van der Waals surface area contributed by atoms with Crippen LogP contribution in [0.5, 0.6) is 5.75 Å². The quantitative estimate of drug-likeness (QED) is 0.552. The van der Waals surface area contributed by atoms with Gasteiger partial charge in [0.1, 0.15) is 12.4 Å². The van der Waals surface area contributed by atoms with Crippen molar-refractivity contribution in [3.05, 3.63) is 88.3 Å². The normalized spacial score (nSPS) is 10.8. The van der Waals surface area contributed by atoms with E-state index >= 15 is 0 Å². The van der Waals surface area contributed by atoms with Gasteiger partial charge in [-0.2, -0.15) is 0 Å². The third-order valence-corrected chi connectivity index (χ3v) is 4.97. The number of nitrogens with one attached hydrogen (secondary N) is 1. The third kappa shape index (κ3) is 3.05. The Kier molecular flexibility index (Phi) is 4.37. The van der Waals surface area contributed by atoms with Crippen LogP contribution in [0.3, 0.4) is 0 Å². The summed E-state index contributed by atoms with van der Waals surface area (Å²) in [4.78, 5) is 20.9. The number of fused-ring (bicyclic) bond motifs is 1. The van der Waals surface area contributed by atoms with Gasteiger partial charge < -0.3 is 9.72 Å². The molecule has 0 saturated carbocycles. The van der Waals surface area contributed by atoms with Crippen LogP contribution >= 0.6 is 11.3 Å². The number of hydrogen-bond donors (Lipinski definition) is 1. The van der Waals surface area contributed by atoms with Gasteiger partial charge in [0.15, 0.2) is 0 Å². The van der Waals surface area contributed by atoms with Gasteiger partial charge in [0.05, 0.1) is 16.8 Å². The molecule has 0 atom stereocenters. The summed E-state index contributed by atoms with van der Waals surface area (Å²) in [6, 6.07) is 15.3. The summed E-state index contributed by atoms with van der Waals surface area (Å²) in [5.74, 6) is 0.570. The molecule has 4 aromatic rings. The third-order valence-electron chi connectivity index (χ3n) is 4.08. The molecule has 0 spiro atoms. The van der Waals surface area contributed by atoms with E-state index in [1.54, 1.807) is 12.3 Å². The van der Waals surface area contributed by atoms with E-state index in [4.69, 9.17) is 4.74 Å². The molecule has 4 rings (SSSR count). The van der Waals surface area contributed by atoms with E-state index in [1.165, 1.54) is 11.3 Å². The Hall–Kier alpha value is -3.18. The van der Waals surface area contributed by atoms with Gasteiger partial charge in [0, 0.05) is 16.5 Å². The monoisotopic (exact) mass is 360 g/mol. The standard InChI is InChI=1S/C21H16N2O2S/c1-2-14-8-9-17-16(12-14)20(25-13-15-6-3-4-10-22-15)19(21(24)23-17)18-7-5-11-26-18/h2-12H,1,13H2,(H,23,24). The molecule has 0 unspecified atom stereocenters. The summed E-state index contributed by atoms with van der Waals surface area (Å²) in [5.41, 5.74) is 2.88. The molecule has 0 aliphatic heterocycles. The number of aromatic nitrogens is 2. The molecule has 0 amide bonds. The molecule has 0 aliphatic carbocycles. The molecule has 1 aromatic carbocycles. The maximum atomic E-state index is 12.8. The van der Waals surface area contributed by atoms with Crippen LogP contribution < -0.4 is 10.3 Å². The lowest BCUT2D eigenvalue weighted by atomic mass is 10.1. The van der Waals surface area contributed by atoms with Gasteiger partial charge in [0.25, 0.3) is 5.56 Å². The average Bonchev–Trinajstić information content (AvgIpc) is 3.20. The Morgan fingerprint density at radius 3 is 2.85 bits per heavy atom. The molecular formula is C21H16N2O2S. The van der Waals surface area contributed by atoms with Crippen LogP contribution in [0.25, 0.3) is 27.4 Å². The maximum absolute atomic E-state index is 12.8. The van der Waals surface area contributed by atoms with E-state index in [2.05, 4.69) is 16.5 Å². The van der Waals surface area contributed by atoms with Crippen LogP contribution in [-0.2, 0) is 6.61 Å². The van der Waals surface area contributed by atoms with Gasteiger partial charge in [-0.05, 0) is 41.3 Å². The highest BCUT2D eigenvalue weighted by molar-refractivity contribution is 7.13. The average molecular weight is 360 g/mol. The first-order chi connectivity index (χ1) is 12.8. The van der Waals surface area contributed by atoms with Crippen molar-refractivity contribution in [3.63, 3.8) is 0 Å². The Bertz CT molecular complexity index is 1120. The van der Waals surface area contributed by atoms with Crippen molar-refractivity contribution < 1.29 is 4.74 Å². The topological polar surface area (TPSA) is 55.0 Å². The Labute approximate surface area is 154 Å². The fraction of sp³-hybridized carbons (Fsp3) is 0.0476. The van der Waals surface area contributed by atoms with Crippen molar-refractivity contribution in [1.82, 2.24) is 9.97 Å².